The molecule has 6 atom stereocenters. The van der Waals surface area contributed by atoms with Crippen molar-refractivity contribution in [3.05, 3.63) is 35.4 Å². The van der Waals surface area contributed by atoms with E-state index in [1.54, 1.807) is 0 Å². The van der Waals surface area contributed by atoms with Crippen LogP contribution in [0.4, 0.5) is 0 Å². The molecule has 6 unspecified atom stereocenters. The van der Waals surface area contributed by atoms with Crippen LogP contribution in [0, 0.1) is 0 Å². The van der Waals surface area contributed by atoms with Crippen molar-refractivity contribution in [3.8, 4) is 0 Å². The lowest BCUT2D eigenvalue weighted by atomic mass is 9.87. The molecular weight excluding hydrogens is 366 g/mol. The van der Waals surface area contributed by atoms with E-state index in [0.717, 1.165) is 12.3 Å². The topological polar surface area (TPSA) is 51.4 Å². The largest absolute Gasteiger partial charge is 0.302 e. The van der Waals surface area contributed by atoms with E-state index in [1.807, 2.05) is 11.8 Å². The molecular formula is C22H37N5S. The maximum Gasteiger partial charge on any atom is 0.107 e. The van der Waals surface area contributed by atoms with Crippen LogP contribution in [0.5, 0.6) is 0 Å². The number of nitrogens with zero attached hydrogens (tertiary/aromatic N) is 1. The second kappa shape index (κ2) is 9.45. The first-order valence-electron chi connectivity index (χ1n) is 11.0. The van der Waals surface area contributed by atoms with Crippen LogP contribution >= 0.6 is 11.8 Å². The Bertz CT molecular complexity index is 622. The molecule has 0 radical (unpaired) electrons. The van der Waals surface area contributed by atoms with Gasteiger partial charge in [-0.2, -0.15) is 0 Å². The lowest BCUT2D eigenvalue weighted by Gasteiger charge is -2.34. The molecule has 3 heterocycles. The van der Waals surface area contributed by atoms with Gasteiger partial charge in [0.1, 0.15) is 5.50 Å². The molecule has 4 N–H and O–H groups in total. The van der Waals surface area contributed by atoms with Crippen LogP contribution < -0.4 is 21.3 Å². The van der Waals surface area contributed by atoms with Crippen LogP contribution in [0.15, 0.2) is 24.3 Å². The van der Waals surface area contributed by atoms with Gasteiger partial charge in [-0.1, -0.05) is 24.3 Å². The van der Waals surface area contributed by atoms with Crippen LogP contribution in [-0.4, -0.2) is 55.2 Å². The third kappa shape index (κ3) is 5.10. The first-order chi connectivity index (χ1) is 13.6. The van der Waals surface area contributed by atoms with Crippen LogP contribution in [0.3, 0.4) is 0 Å². The van der Waals surface area contributed by atoms with Crippen molar-refractivity contribution in [1.29, 1.82) is 0 Å². The van der Waals surface area contributed by atoms with Crippen LogP contribution in [0.25, 0.3) is 0 Å². The SMILES string of the molecule is CC1CCCC(NC2NC(c3ccc(C4CCNC(N(C)C)C4)cc3)CS2)N1. The van der Waals surface area contributed by atoms with Crippen LogP contribution in [-0.2, 0) is 0 Å². The monoisotopic (exact) mass is 403 g/mol. The summed E-state index contributed by atoms with van der Waals surface area (Å²) >= 11 is 2.00. The Labute approximate surface area is 174 Å². The van der Waals surface area contributed by atoms with E-state index < -0.39 is 0 Å². The van der Waals surface area contributed by atoms with Crippen molar-refractivity contribution in [2.75, 3.05) is 26.4 Å². The minimum atomic E-state index is 0.345. The smallest absolute Gasteiger partial charge is 0.107 e. The van der Waals surface area contributed by atoms with Gasteiger partial charge in [0, 0.05) is 17.8 Å². The first-order valence-corrected chi connectivity index (χ1v) is 12.0. The Hall–Kier alpha value is -0.630. The lowest BCUT2D eigenvalue weighted by molar-refractivity contribution is 0.190. The van der Waals surface area contributed by atoms with Gasteiger partial charge in [-0.25, -0.2) is 0 Å². The Kier molecular flexibility index (Phi) is 6.97. The number of hydrogen-bond acceptors (Lipinski definition) is 6. The second-order valence-corrected chi connectivity index (χ2v) is 10.1. The van der Waals surface area contributed by atoms with Gasteiger partial charge >= 0.3 is 0 Å². The molecule has 6 heteroatoms. The van der Waals surface area contributed by atoms with Crippen molar-refractivity contribution in [2.45, 2.75) is 74.9 Å². The van der Waals surface area contributed by atoms with Gasteiger partial charge in [0.25, 0.3) is 0 Å². The second-order valence-electron chi connectivity index (χ2n) is 8.97. The molecule has 3 aliphatic heterocycles. The van der Waals surface area contributed by atoms with Gasteiger partial charge < -0.3 is 5.32 Å². The molecule has 3 aliphatic rings. The Morgan fingerprint density at radius 2 is 1.82 bits per heavy atom. The van der Waals surface area contributed by atoms with E-state index in [0.29, 0.717) is 35.8 Å². The highest BCUT2D eigenvalue weighted by molar-refractivity contribution is 8.00. The molecule has 28 heavy (non-hydrogen) atoms. The van der Waals surface area contributed by atoms with E-state index in [2.05, 4.69) is 71.5 Å². The minimum absolute atomic E-state index is 0.345. The Balaban J connectivity index is 1.30. The summed E-state index contributed by atoms with van der Waals surface area (Å²) in [6, 6.07) is 10.5. The summed E-state index contributed by atoms with van der Waals surface area (Å²) in [5.74, 6) is 1.80. The molecule has 0 aliphatic carbocycles. The minimum Gasteiger partial charge on any atom is -0.302 e. The van der Waals surface area contributed by atoms with Gasteiger partial charge in [0.15, 0.2) is 0 Å². The van der Waals surface area contributed by atoms with Gasteiger partial charge in [0.05, 0.1) is 12.3 Å². The van der Waals surface area contributed by atoms with Crippen molar-refractivity contribution in [3.63, 3.8) is 0 Å². The van der Waals surface area contributed by atoms with Crippen molar-refractivity contribution in [1.82, 2.24) is 26.2 Å². The molecule has 3 fully saturated rings. The summed E-state index contributed by atoms with van der Waals surface area (Å²) in [6.07, 6.45) is 7.22. The molecule has 5 nitrogen and oxygen atoms in total. The quantitative estimate of drug-likeness (QED) is 0.607. The van der Waals surface area contributed by atoms with Crippen LogP contribution in [0.1, 0.15) is 62.1 Å². The Morgan fingerprint density at radius 1 is 1.04 bits per heavy atom. The maximum absolute atomic E-state index is 3.79. The average Bonchev–Trinajstić information content (AvgIpc) is 3.17. The molecule has 0 saturated carbocycles. The standard InChI is InChI=1S/C22H37N5S/c1-15-5-4-6-20(24-15)26-22-25-19(14-28-22)17-9-7-16(8-10-17)18-11-12-23-21(13-18)27(2)3/h7-10,15,18-26H,4-6,11-14H2,1-3H3. The fourth-order valence-electron chi connectivity index (χ4n) is 4.80. The summed E-state index contributed by atoms with van der Waals surface area (Å²) in [5.41, 5.74) is 3.26. The number of benzene rings is 1. The van der Waals surface area contributed by atoms with E-state index in [9.17, 15) is 0 Å². The van der Waals surface area contributed by atoms with Crippen molar-refractivity contribution >= 4 is 11.8 Å². The van der Waals surface area contributed by atoms with Crippen molar-refractivity contribution in [2.24, 2.45) is 0 Å². The van der Waals surface area contributed by atoms with E-state index in [4.69, 9.17) is 0 Å². The predicted octanol–water partition coefficient (Wildman–Crippen LogP) is 2.78. The molecule has 1 aromatic carbocycles. The molecule has 0 aromatic heterocycles. The zero-order valence-electron chi connectivity index (χ0n) is 17.6. The number of thioether (sulfide) groups is 1. The third-order valence-electron chi connectivity index (χ3n) is 6.56. The summed E-state index contributed by atoms with van der Waals surface area (Å²) in [6.45, 7) is 3.40. The predicted molar refractivity (Wildman–Crippen MR) is 119 cm³/mol. The van der Waals surface area contributed by atoms with E-state index in [-0.39, 0.29) is 0 Å². The summed E-state index contributed by atoms with van der Waals surface area (Å²) in [7, 11) is 4.33. The molecule has 0 amide bonds. The Morgan fingerprint density at radius 3 is 2.57 bits per heavy atom. The summed E-state index contributed by atoms with van der Waals surface area (Å²) in [5, 5.41) is 14.8. The number of rotatable bonds is 5. The van der Waals surface area contributed by atoms with Crippen LogP contribution in [0.2, 0.25) is 0 Å². The first kappa shape index (κ1) is 20.6. The molecule has 156 valence electrons. The fourth-order valence-corrected chi connectivity index (χ4v) is 6.00. The number of nitrogens with one attached hydrogen (secondary N) is 4. The van der Waals surface area contributed by atoms with Gasteiger partial charge in [-0.3, -0.25) is 20.9 Å². The highest BCUT2D eigenvalue weighted by Crippen LogP contribution is 2.32. The lowest BCUT2D eigenvalue weighted by Crippen LogP contribution is -2.54. The molecule has 3 saturated heterocycles. The summed E-state index contributed by atoms with van der Waals surface area (Å²) in [4.78, 5) is 2.30. The van der Waals surface area contributed by atoms with Crippen molar-refractivity contribution < 1.29 is 0 Å². The van der Waals surface area contributed by atoms with Gasteiger partial charge in [0.2, 0.25) is 0 Å². The van der Waals surface area contributed by atoms with E-state index in [1.165, 1.54) is 43.2 Å². The third-order valence-corrected chi connectivity index (χ3v) is 7.70. The molecule has 0 spiro atoms. The highest BCUT2D eigenvalue weighted by Gasteiger charge is 2.29. The highest BCUT2D eigenvalue weighted by atomic mass is 32.2. The fraction of sp³-hybridized carbons (Fsp3) is 0.727. The van der Waals surface area contributed by atoms with E-state index >= 15 is 0 Å². The number of piperidine rings is 2. The average molecular weight is 404 g/mol. The van der Waals surface area contributed by atoms with Gasteiger partial charge in [-0.05, 0) is 76.7 Å². The zero-order valence-corrected chi connectivity index (χ0v) is 18.4. The normalized spacial score (nSPS) is 36.7. The summed E-state index contributed by atoms with van der Waals surface area (Å²) < 4.78 is 0. The molecule has 1 aromatic rings. The molecule has 4 rings (SSSR count). The van der Waals surface area contributed by atoms with Gasteiger partial charge in [-0.15, -0.1) is 11.8 Å². The number of hydrogen-bond donors (Lipinski definition) is 4. The maximum atomic E-state index is 3.79. The molecule has 0 bridgehead atoms. The zero-order chi connectivity index (χ0) is 19.5.